The molecule has 0 radical (unpaired) electrons. The zero-order valence-corrected chi connectivity index (χ0v) is 15.8. The van der Waals surface area contributed by atoms with Gasteiger partial charge in [0.15, 0.2) is 0 Å². The number of amides is 3. The first kappa shape index (κ1) is 19.0. The molecule has 0 spiro atoms. The van der Waals surface area contributed by atoms with Gasteiger partial charge in [0, 0.05) is 55.0 Å². The van der Waals surface area contributed by atoms with Crippen molar-refractivity contribution < 1.29 is 9.59 Å². The summed E-state index contributed by atoms with van der Waals surface area (Å²) in [6.07, 6.45) is 3.19. The molecule has 0 aliphatic carbocycles. The molecule has 1 aliphatic heterocycles. The zero-order chi connectivity index (χ0) is 19.2. The van der Waals surface area contributed by atoms with Crippen LogP contribution in [0.1, 0.15) is 6.92 Å². The number of piperazine rings is 1. The highest BCUT2D eigenvalue weighted by Gasteiger charge is 2.24. The number of hydrogen-bond donors (Lipinski definition) is 2. The highest BCUT2D eigenvalue weighted by Crippen LogP contribution is 2.20. The molecule has 3 amide bonds. The molecule has 1 aromatic heterocycles. The first-order chi connectivity index (χ1) is 13.0. The average Bonchev–Trinajstić information content (AvgIpc) is 2.69. The van der Waals surface area contributed by atoms with E-state index >= 15 is 0 Å². The summed E-state index contributed by atoms with van der Waals surface area (Å²) in [5.41, 5.74) is 1.69. The van der Waals surface area contributed by atoms with Crippen molar-refractivity contribution in [2.24, 2.45) is 0 Å². The van der Waals surface area contributed by atoms with Gasteiger partial charge in [-0.25, -0.2) is 4.79 Å². The molecular weight excluding hydrogens is 366 g/mol. The Morgan fingerprint density at radius 2 is 1.81 bits per heavy atom. The predicted octanol–water partition coefficient (Wildman–Crippen LogP) is 2.59. The van der Waals surface area contributed by atoms with Gasteiger partial charge in [-0.3, -0.25) is 9.78 Å². The predicted molar refractivity (Wildman–Crippen MR) is 106 cm³/mol. The average molecular weight is 388 g/mol. The van der Waals surface area contributed by atoms with E-state index in [4.69, 9.17) is 11.6 Å². The molecule has 2 aromatic rings. The van der Waals surface area contributed by atoms with E-state index in [1.165, 1.54) is 0 Å². The molecule has 3 rings (SSSR count). The van der Waals surface area contributed by atoms with E-state index in [0.717, 1.165) is 5.69 Å². The van der Waals surface area contributed by atoms with Gasteiger partial charge in [-0.1, -0.05) is 17.7 Å². The topological polar surface area (TPSA) is 77.6 Å². The van der Waals surface area contributed by atoms with Crippen molar-refractivity contribution in [3.05, 3.63) is 53.8 Å². The summed E-state index contributed by atoms with van der Waals surface area (Å²) in [6, 6.07) is 10.2. The highest BCUT2D eigenvalue weighted by atomic mass is 35.5. The number of rotatable bonds is 4. The number of aromatic nitrogens is 1. The van der Waals surface area contributed by atoms with Gasteiger partial charge in [-0.05, 0) is 37.3 Å². The number of halogens is 1. The number of carbonyl (C=O) groups excluding carboxylic acids is 2. The minimum absolute atomic E-state index is 0.238. The molecule has 8 heteroatoms. The van der Waals surface area contributed by atoms with E-state index in [-0.39, 0.29) is 11.9 Å². The third-order valence-corrected chi connectivity index (χ3v) is 4.66. The summed E-state index contributed by atoms with van der Waals surface area (Å²) in [6.45, 7) is 4.25. The number of anilines is 2. The van der Waals surface area contributed by atoms with Gasteiger partial charge in [0.2, 0.25) is 5.91 Å². The molecule has 1 aromatic carbocycles. The molecule has 2 heterocycles. The van der Waals surface area contributed by atoms with Gasteiger partial charge < -0.3 is 20.4 Å². The Morgan fingerprint density at radius 3 is 2.48 bits per heavy atom. The Balaban J connectivity index is 1.48. The number of pyridine rings is 1. The third-order valence-electron chi connectivity index (χ3n) is 4.42. The molecule has 2 N–H and O–H groups in total. The monoisotopic (exact) mass is 387 g/mol. The summed E-state index contributed by atoms with van der Waals surface area (Å²) in [5.74, 6) is -0.271. The minimum Gasteiger partial charge on any atom is -0.368 e. The molecule has 1 atom stereocenters. The molecule has 27 heavy (non-hydrogen) atoms. The maximum Gasteiger partial charge on any atom is 0.318 e. The number of benzene rings is 1. The van der Waals surface area contributed by atoms with Gasteiger partial charge in [0.25, 0.3) is 0 Å². The van der Waals surface area contributed by atoms with Crippen molar-refractivity contribution in [1.82, 2.24) is 15.2 Å². The Kier molecular flexibility index (Phi) is 6.13. The van der Waals surface area contributed by atoms with Gasteiger partial charge in [0.1, 0.15) is 6.04 Å². The first-order valence-corrected chi connectivity index (χ1v) is 9.17. The van der Waals surface area contributed by atoms with Gasteiger partial charge in [0.05, 0.1) is 0 Å². The van der Waals surface area contributed by atoms with E-state index < -0.39 is 6.04 Å². The van der Waals surface area contributed by atoms with Gasteiger partial charge in [-0.15, -0.1) is 0 Å². The van der Waals surface area contributed by atoms with Crippen molar-refractivity contribution in [3.8, 4) is 0 Å². The first-order valence-electron chi connectivity index (χ1n) is 8.80. The summed E-state index contributed by atoms with van der Waals surface area (Å²) in [4.78, 5) is 32.5. The molecule has 7 nitrogen and oxygen atoms in total. The second-order valence-corrected chi connectivity index (χ2v) is 6.79. The van der Waals surface area contributed by atoms with Crippen molar-refractivity contribution >= 4 is 34.9 Å². The standard InChI is InChI=1S/C19H22ClN5O2/c1-14(18(26)23-16-5-7-21-8-6-16)22-19(27)25-11-9-24(10-12-25)17-4-2-3-15(20)13-17/h2-8,13-14H,9-12H2,1H3,(H,22,27)(H,21,23,26). The normalized spacial score (nSPS) is 15.2. The van der Waals surface area contributed by atoms with E-state index in [1.807, 2.05) is 24.3 Å². The fraction of sp³-hybridized carbons (Fsp3) is 0.316. The molecule has 1 aliphatic rings. The number of urea groups is 1. The van der Waals surface area contributed by atoms with Crippen LogP contribution in [0.15, 0.2) is 48.8 Å². The molecule has 0 bridgehead atoms. The smallest absolute Gasteiger partial charge is 0.318 e. The number of carbonyl (C=O) groups is 2. The molecule has 142 valence electrons. The number of nitrogens with zero attached hydrogens (tertiary/aromatic N) is 3. The van der Waals surface area contributed by atoms with Crippen LogP contribution in [0.2, 0.25) is 5.02 Å². The Bertz CT molecular complexity index is 794. The van der Waals surface area contributed by atoms with Gasteiger partial charge >= 0.3 is 6.03 Å². The zero-order valence-electron chi connectivity index (χ0n) is 15.1. The largest absolute Gasteiger partial charge is 0.368 e. The van der Waals surface area contributed by atoms with E-state index in [1.54, 1.807) is 36.4 Å². The lowest BCUT2D eigenvalue weighted by Crippen LogP contribution is -2.54. The second kappa shape index (κ2) is 8.73. The molecular formula is C19H22ClN5O2. The van der Waals surface area contributed by atoms with E-state index in [2.05, 4.69) is 20.5 Å². The maximum atomic E-state index is 12.4. The lowest BCUT2D eigenvalue weighted by atomic mass is 10.2. The van der Waals surface area contributed by atoms with Crippen LogP contribution in [-0.4, -0.2) is 54.0 Å². The summed E-state index contributed by atoms with van der Waals surface area (Å²) >= 11 is 6.05. The van der Waals surface area contributed by atoms with Crippen LogP contribution in [-0.2, 0) is 4.79 Å². The molecule has 0 saturated carbocycles. The fourth-order valence-corrected chi connectivity index (χ4v) is 3.05. The van der Waals surface area contributed by atoms with Crippen LogP contribution in [0, 0.1) is 0 Å². The lowest BCUT2D eigenvalue weighted by Gasteiger charge is -2.36. The lowest BCUT2D eigenvalue weighted by molar-refractivity contribution is -0.117. The van der Waals surface area contributed by atoms with E-state index in [0.29, 0.717) is 36.9 Å². The van der Waals surface area contributed by atoms with E-state index in [9.17, 15) is 9.59 Å². The van der Waals surface area contributed by atoms with Crippen molar-refractivity contribution in [1.29, 1.82) is 0 Å². The van der Waals surface area contributed by atoms with Crippen LogP contribution in [0.25, 0.3) is 0 Å². The Morgan fingerprint density at radius 1 is 1.11 bits per heavy atom. The SMILES string of the molecule is CC(NC(=O)N1CCN(c2cccc(Cl)c2)CC1)C(=O)Nc1ccncc1. The second-order valence-electron chi connectivity index (χ2n) is 6.35. The van der Waals surface area contributed by atoms with Crippen LogP contribution < -0.4 is 15.5 Å². The van der Waals surface area contributed by atoms with Gasteiger partial charge in [-0.2, -0.15) is 0 Å². The van der Waals surface area contributed by atoms with Crippen LogP contribution in [0.5, 0.6) is 0 Å². The number of nitrogens with one attached hydrogen (secondary N) is 2. The van der Waals surface area contributed by atoms with Crippen LogP contribution in [0.3, 0.4) is 0 Å². The summed E-state index contributed by atoms with van der Waals surface area (Å²) in [5, 5.41) is 6.20. The highest BCUT2D eigenvalue weighted by molar-refractivity contribution is 6.30. The third kappa shape index (κ3) is 5.10. The molecule has 1 unspecified atom stereocenters. The quantitative estimate of drug-likeness (QED) is 0.845. The summed E-state index contributed by atoms with van der Waals surface area (Å²) < 4.78 is 0. The number of hydrogen-bond acceptors (Lipinski definition) is 4. The van der Waals surface area contributed by atoms with Crippen molar-refractivity contribution in [2.45, 2.75) is 13.0 Å². The fourth-order valence-electron chi connectivity index (χ4n) is 2.87. The summed E-state index contributed by atoms with van der Waals surface area (Å²) in [7, 11) is 0. The Hall–Kier alpha value is -2.80. The van der Waals surface area contributed by atoms with Crippen molar-refractivity contribution in [3.63, 3.8) is 0 Å². The van der Waals surface area contributed by atoms with Crippen LogP contribution in [0.4, 0.5) is 16.2 Å². The van der Waals surface area contributed by atoms with Crippen LogP contribution >= 0.6 is 11.6 Å². The molecule has 1 fully saturated rings. The maximum absolute atomic E-state index is 12.4. The minimum atomic E-state index is -0.642. The Labute approximate surface area is 163 Å². The molecule has 1 saturated heterocycles. The van der Waals surface area contributed by atoms with Crippen molar-refractivity contribution in [2.75, 3.05) is 36.4 Å².